The lowest BCUT2D eigenvalue weighted by Crippen LogP contribution is -2.28. The summed E-state index contributed by atoms with van der Waals surface area (Å²) < 4.78 is 15.4. The standard InChI is InChI=1S/C21H19FN4O/c22-17-3-1-15(2-4-17)21(27)25-12-16-7-10-26-19(14-5-8-23-9-6-14)11-24-20(26)18(16)13-25/h1-6,8-9,11,16,18H,7,10,12-13H2. The van der Waals surface area contributed by atoms with Crippen molar-refractivity contribution in [2.45, 2.75) is 18.9 Å². The van der Waals surface area contributed by atoms with E-state index in [1.165, 1.54) is 12.1 Å². The van der Waals surface area contributed by atoms with Crippen LogP contribution in [0.2, 0.25) is 0 Å². The van der Waals surface area contributed by atoms with E-state index >= 15 is 0 Å². The van der Waals surface area contributed by atoms with Gasteiger partial charge >= 0.3 is 0 Å². The summed E-state index contributed by atoms with van der Waals surface area (Å²) in [6.07, 6.45) is 6.54. The van der Waals surface area contributed by atoms with E-state index in [0.29, 0.717) is 18.0 Å². The summed E-state index contributed by atoms with van der Waals surface area (Å²) in [5.74, 6) is 1.38. The number of pyridine rings is 1. The van der Waals surface area contributed by atoms with E-state index in [9.17, 15) is 9.18 Å². The average Bonchev–Trinajstić information content (AvgIpc) is 3.32. The molecule has 5 nitrogen and oxygen atoms in total. The molecule has 3 aromatic rings. The van der Waals surface area contributed by atoms with Crippen LogP contribution in [0.3, 0.4) is 0 Å². The molecule has 2 aliphatic heterocycles. The van der Waals surface area contributed by atoms with Crippen LogP contribution >= 0.6 is 0 Å². The molecule has 2 aliphatic rings. The van der Waals surface area contributed by atoms with Crippen LogP contribution in [0, 0.1) is 11.7 Å². The van der Waals surface area contributed by atoms with Crippen molar-refractivity contribution in [3.05, 3.63) is 72.2 Å². The van der Waals surface area contributed by atoms with Gasteiger partial charge in [-0.05, 0) is 48.7 Å². The van der Waals surface area contributed by atoms with E-state index in [2.05, 4.69) is 9.55 Å². The van der Waals surface area contributed by atoms with Gasteiger partial charge in [0.25, 0.3) is 5.91 Å². The van der Waals surface area contributed by atoms with Crippen LogP contribution in [-0.4, -0.2) is 38.4 Å². The van der Waals surface area contributed by atoms with Crippen molar-refractivity contribution in [2.24, 2.45) is 5.92 Å². The van der Waals surface area contributed by atoms with Crippen molar-refractivity contribution < 1.29 is 9.18 Å². The van der Waals surface area contributed by atoms with Gasteiger partial charge < -0.3 is 9.47 Å². The molecule has 0 N–H and O–H groups in total. The second-order valence-electron chi connectivity index (χ2n) is 7.26. The number of rotatable bonds is 2. The third-order valence-electron chi connectivity index (χ3n) is 5.74. The molecular weight excluding hydrogens is 343 g/mol. The molecule has 1 amide bonds. The molecule has 27 heavy (non-hydrogen) atoms. The van der Waals surface area contributed by atoms with E-state index < -0.39 is 0 Å². The van der Waals surface area contributed by atoms with Gasteiger partial charge in [-0.1, -0.05) is 0 Å². The maximum Gasteiger partial charge on any atom is 0.253 e. The van der Waals surface area contributed by atoms with E-state index in [0.717, 1.165) is 36.6 Å². The molecular formula is C21H19FN4O. The van der Waals surface area contributed by atoms with E-state index in [1.807, 2.05) is 23.2 Å². The number of benzene rings is 1. The highest BCUT2D eigenvalue weighted by Crippen LogP contribution is 2.40. The first-order valence-corrected chi connectivity index (χ1v) is 9.21. The normalized spacial score (nSPS) is 21.0. The predicted octanol–water partition coefficient (Wildman–Crippen LogP) is 3.34. The fraction of sp³-hybridized carbons (Fsp3) is 0.286. The van der Waals surface area contributed by atoms with Crippen molar-refractivity contribution in [3.8, 4) is 11.3 Å². The lowest BCUT2D eigenvalue weighted by Gasteiger charge is -2.26. The minimum atomic E-state index is -0.327. The van der Waals surface area contributed by atoms with Gasteiger partial charge in [0.05, 0.1) is 11.9 Å². The summed E-state index contributed by atoms with van der Waals surface area (Å²) in [6, 6.07) is 9.78. The Labute approximate surface area is 156 Å². The highest BCUT2D eigenvalue weighted by molar-refractivity contribution is 5.94. The van der Waals surface area contributed by atoms with Crippen molar-refractivity contribution in [2.75, 3.05) is 13.1 Å². The predicted molar refractivity (Wildman–Crippen MR) is 98.6 cm³/mol. The van der Waals surface area contributed by atoms with Crippen LogP contribution in [0.15, 0.2) is 55.0 Å². The zero-order valence-corrected chi connectivity index (χ0v) is 14.8. The second kappa shape index (κ2) is 6.30. The maximum atomic E-state index is 13.1. The number of carbonyl (C=O) groups is 1. The smallest absolute Gasteiger partial charge is 0.253 e. The number of likely N-dealkylation sites (tertiary alicyclic amines) is 1. The van der Waals surface area contributed by atoms with Crippen molar-refractivity contribution in [1.29, 1.82) is 0 Å². The Balaban J connectivity index is 1.41. The van der Waals surface area contributed by atoms with Gasteiger partial charge in [-0.15, -0.1) is 0 Å². The first-order valence-electron chi connectivity index (χ1n) is 9.21. The maximum absolute atomic E-state index is 13.1. The summed E-state index contributed by atoms with van der Waals surface area (Å²) in [4.78, 5) is 23.5. The molecule has 2 aromatic heterocycles. The third-order valence-corrected chi connectivity index (χ3v) is 5.74. The van der Waals surface area contributed by atoms with Crippen LogP contribution in [0.1, 0.15) is 28.5 Å². The van der Waals surface area contributed by atoms with E-state index in [-0.39, 0.29) is 17.6 Å². The van der Waals surface area contributed by atoms with Crippen LogP contribution < -0.4 is 0 Å². The molecule has 0 bridgehead atoms. The number of nitrogens with zero attached hydrogens (tertiary/aromatic N) is 4. The summed E-state index contributed by atoms with van der Waals surface area (Å²) in [5, 5.41) is 0. The largest absolute Gasteiger partial charge is 0.338 e. The van der Waals surface area contributed by atoms with Crippen LogP contribution in [0.4, 0.5) is 4.39 Å². The summed E-state index contributed by atoms with van der Waals surface area (Å²) >= 11 is 0. The Morgan fingerprint density at radius 1 is 1.07 bits per heavy atom. The van der Waals surface area contributed by atoms with Gasteiger partial charge in [0.15, 0.2) is 0 Å². The van der Waals surface area contributed by atoms with E-state index in [1.54, 1.807) is 24.5 Å². The average molecular weight is 362 g/mol. The number of hydrogen-bond acceptors (Lipinski definition) is 3. The number of fused-ring (bicyclic) bond motifs is 3. The van der Waals surface area contributed by atoms with Crippen molar-refractivity contribution in [3.63, 3.8) is 0 Å². The molecule has 0 aliphatic carbocycles. The lowest BCUT2D eigenvalue weighted by molar-refractivity contribution is 0.0785. The monoisotopic (exact) mass is 362 g/mol. The minimum absolute atomic E-state index is 0.0307. The molecule has 1 saturated heterocycles. The number of amides is 1. The van der Waals surface area contributed by atoms with Crippen LogP contribution in [-0.2, 0) is 6.54 Å². The van der Waals surface area contributed by atoms with Gasteiger partial charge in [-0.25, -0.2) is 9.37 Å². The fourth-order valence-electron chi connectivity index (χ4n) is 4.37. The Hall–Kier alpha value is -3.02. The van der Waals surface area contributed by atoms with Gasteiger partial charge in [0.2, 0.25) is 0 Å². The zero-order chi connectivity index (χ0) is 18.4. The zero-order valence-electron chi connectivity index (χ0n) is 14.8. The highest BCUT2D eigenvalue weighted by Gasteiger charge is 2.41. The molecule has 1 fully saturated rings. The van der Waals surface area contributed by atoms with Gasteiger partial charge in [0, 0.05) is 49.1 Å². The summed E-state index contributed by atoms with van der Waals surface area (Å²) in [6.45, 7) is 2.30. The molecule has 0 saturated carbocycles. The molecule has 0 radical (unpaired) electrons. The molecule has 0 spiro atoms. The number of hydrogen-bond donors (Lipinski definition) is 0. The number of carbonyl (C=O) groups excluding carboxylic acids is 1. The van der Waals surface area contributed by atoms with Crippen LogP contribution in [0.5, 0.6) is 0 Å². The Kier molecular flexibility index (Phi) is 3.77. The third kappa shape index (κ3) is 2.72. The number of halogens is 1. The van der Waals surface area contributed by atoms with Gasteiger partial charge in [-0.3, -0.25) is 9.78 Å². The second-order valence-corrected chi connectivity index (χ2v) is 7.26. The first-order chi connectivity index (χ1) is 13.2. The first kappa shape index (κ1) is 16.2. The molecule has 5 rings (SSSR count). The number of aromatic nitrogens is 3. The van der Waals surface area contributed by atoms with Gasteiger partial charge in [0.1, 0.15) is 11.6 Å². The number of imidazole rings is 1. The van der Waals surface area contributed by atoms with E-state index in [4.69, 9.17) is 4.98 Å². The molecule has 2 unspecified atom stereocenters. The quantitative estimate of drug-likeness (QED) is 0.703. The van der Waals surface area contributed by atoms with Crippen LogP contribution in [0.25, 0.3) is 11.3 Å². The van der Waals surface area contributed by atoms with Crippen molar-refractivity contribution >= 4 is 5.91 Å². The molecule has 2 atom stereocenters. The highest BCUT2D eigenvalue weighted by atomic mass is 19.1. The Bertz CT molecular complexity index is 983. The Morgan fingerprint density at radius 2 is 1.85 bits per heavy atom. The molecule has 6 heteroatoms. The summed E-state index contributed by atoms with van der Waals surface area (Å²) in [5.41, 5.74) is 2.75. The molecule has 136 valence electrons. The topological polar surface area (TPSA) is 51.0 Å². The summed E-state index contributed by atoms with van der Waals surface area (Å²) in [7, 11) is 0. The lowest BCUT2D eigenvalue weighted by atomic mass is 9.89. The fourth-order valence-corrected chi connectivity index (χ4v) is 4.37. The molecule has 1 aromatic carbocycles. The van der Waals surface area contributed by atoms with Gasteiger partial charge in [-0.2, -0.15) is 0 Å². The minimum Gasteiger partial charge on any atom is -0.338 e. The van der Waals surface area contributed by atoms with Crippen molar-refractivity contribution in [1.82, 2.24) is 19.4 Å². The SMILES string of the molecule is O=C(c1ccc(F)cc1)N1CC2CCn3c(-c4ccncc4)cnc3C2C1. The Morgan fingerprint density at radius 3 is 2.63 bits per heavy atom. The molecule has 4 heterocycles.